The maximum Gasteiger partial charge on any atom is 0.142 e. The maximum atomic E-state index is 9.80. The summed E-state index contributed by atoms with van der Waals surface area (Å²) in [5.41, 5.74) is 1.06. The van der Waals surface area contributed by atoms with Crippen molar-refractivity contribution in [1.29, 1.82) is 0 Å². The second kappa shape index (κ2) is 4.82. The fraction of sp³-hybridized carbons (Fsp3) is 0.667. The first-order valence-electron chi connectivity index (χ1n) is 2.68. The second-order valence-electron chi connectivity index (χ2n) is 1.72. The largest absolute Gasteiger partial charge is 0.203 e. The zero-order chi connectivity index (χ0) is 6.41. The summed E-state index contributed by atoms with van der Waals surface area (Å²) in [7, 11) is 0. The third kappa shape index (κ3) is 3.85. The van der Waals surface area contributed by atoms with E-state index in [1.807, 2.05) is 6.92 Å². The van der Waals surface area contributed by atoms with Crippen molar-refractivity contribution in [1.82, 2.24) is 0 Å². The normalized spacial score (nSPS) is 7.75. The van der Waals surface area contributed by atoms with Gasteiger partial charge in [-0.05, 0) is 23.9 Å². The van der Waals surface area contributed by atoms with Gasteiger partial charge in [0.2, 0.25) is 0 Å². The average Bonchev–Trinajstić information content (AvgIpc) is 1.68. The predicted octanol–water partition coefficient (Wildman–Crippen LogP) is 1.35. The van der Waals surface area contributed by atoms with Gasteiger partial charge in [0.05, 0.1) is 0 Å². The van der Waals surface area contributed by atoms with Crippen LogP contribution in [0.3, 0.4) is 0 Å². The molecule has 0 saturated carbocycles. The molecular weight excluding hydrogens is 120 g/mol. The lowest BCUT2D eigenvalue weighted by atomic mass is 10.2. The third-order valence-electron chi connectivity index (χ3n) is 0.841. The van der Waals surface area contributed by atoms with Crippen molar-refractivity contribution in [3.8, 4) is 0 Å². The summed E-state index contributed by atoms with van der Waals surface area (Å²) in [5.74, 6) is 0. The van der Waals surface area contributed by atoms with E-state index in [4.69, 9.17) is 0 Å². The molecule has 1 nitrogen and oxygen atoms in total. The Morgan fingerprint density at radius 2 is 2.38 bits per heavy atom. The lowest BCUT2D eigenvalue weighted by molar-refractivity contribution is 0.701. The van der Waals surface area contributed by atoms with Crippen LogP contribution in [0.5, 0.6) is 0 Å². The van der Waals surface area contributed by atoms with Crippen molar-refractivity contribution in [2.45, 2.75) is 26.7 Å². The summed E-state index contributed by atoms with van der Waals surface area (Å²) < 4.78 is 9.80. The van der Waals surface area contributed by atoms with E-state index >= 15 is 0 Å². The molecule has 0 aliphatic rings. The van der Waals surface area contributed by atoms with Gasteiger partial charge in [0.25, 0.3) is 0 Å². The van der Waals surface area contributed by atoms with Gasteiger partial charge in [-0.25, -0.2) is 4.21 Å². The third-order valence-corrected chi connectivity index (χ3v) is 1.27. The standard InChI is InChI=1S/C6H10OS/c1-3-4-6(2)5-8-7/h3-4H2,1-2H3. The van der Waals surface area contributed by atoms with Crippen LogP contribution < -0.4 is 0 Å². The summed E-state index contributed by atoms with van der Waals surface area (Å²) in [4.78, 5) is 0. The van der Waals surface area contributed by atoms with Crippen molar-refractivity contribution in [2.24, 2.45) is 0 Å². The summed E-state index contributed by atoms with van der Waals surface area (Å²) in [5, 5.41) is 2.62. The van der Waals surface area contributed by atoms with Gasteiger partial charge >= 0.3 is 0 Å². The molecule has 46 valence electrons. The Labute approximate surface area is 53.5 Å². The van der Waals surface area contributed by atoms with Crippen LogP contribution in [0, 0.1) is 0 Å². The molecule has 0 saturated heterocycles. The summed E-state index contributed by atoms with van der Waals surface area (Å²) in [6, 6.07) is 0. The Morgan fingerprint density at radius 1 is 1.75 bits per heavy atom. The van der Waals surface area contributed by atoms with Crippen molar-refractivity contribution >= 4 is 16.3 Å². The van der Waals surface area contributed by atoms with E-state index < -0.39 is 0 Å². The molecule has 0 unspecified atom stereocenters. The van der Waals surface area contributed by atoms with E-state index in [9.17, 15) is 4.21 Å². The first-order chi connectivity index (χ1) is 3.81. The molecule has 2 heteroatoms. The quantitative estimate of drug-likeness (QED) is 0.516. The van der Waals surface area contributed by atoms with E-state index in [1.54, 1.807) is 0 Å². The van der Waals surface area contributed by atoms with Crippen LogP contribution in [0.4, 0.5) is 0 Å². The molecule has 0 spiro atoms. The molecule has 0 heterocycles. The second-order valence-corrected chi connectivity index (χ2v) is 2.09. The van der Waals surface area contributed by atoms with Crippen LogP contribution in [-0.4, -0.2) is 9.23 Å². The first-order valence-corrected chi connectivity index (χ1v) is 3.42. The Hall–Kier alpha value is -0.330. The molecule has 0 fully saturated rings. The van der Waals surface area contributed by atoms with Gasteiger partial charge in [0, 0.05) is 0 Å². The van der Waals surface area contributed by atoms with E-state index in [1.165, 1.54) is 0 Å². The van der Waals surface area contributed by atoms with Crippen molar-refractivity contribution in [2.75, 3.05) is 0 Å². The average molecular weight is 130 g/mol. The van der Waals surface area contributed by atoms with Crippen LogP contribution >= 0.6 is 0 Å². The molecule has 0 aromatic carbocycles. The number of hydrogen-bond donors (Lipinski definition) is 0. The van der Waals surface area contributed by atoms with Gasteiger partial charge in [-0.1, -0.05) is 13.3 Å². The summed E-state index contributed by atoms with van der Waals surface area (Å²) in [6.45, 7) is 4.01. The Balaban J connectivity index is 3.81. The molecule has 0 atom stereocenters. The van der Waals surface area contributed by atoms with Gasteiger partial charge in [-0.2, -0.15) is 0 Å². The highest BCUT2D eigenvalue weighted by Gasteiger charge is 1.81. The predicted molar refractivity (Wildman–Crippen MR) is 37.2 cm³/mol. The molecule has 0 aliphatic carbocycles. The van der Waals surface area contributed by atoms with E-state index in [0.717, 1.165) is 18.4 Å². The molecule has 0 aromatic heterocycles. The van der Waals surface area contributed by atoms with Gasteiger partial charge in [-0.3, -0.25) is 0 Å². The van der Waals surface area contributed by atoms with E-state index in [2.05, 4.69) is 11.9 Å². The summed E-state index contributed by atoms with van der Waals surface area (Å²) >= 11 is 0.413. The minimum atomic E-state index is 0.413. The van der Waals surface area contributed by atoms with Crippen molar-refractivity contribution < 1.29 is 4.21 Å². The van der Waals surface area contributed by atoms with Crippen LogP contribution in [0.15, 0.2) is 5.57 Å². The number of hydrogen-bond acceptors (Lipinski definition) is 1. The maximum absolute atomic E-state index is 9.80. The Bertz CT molecular complexity index is 139. The fourth-order valence-electron chi connectivity index (χ4n) is 0.497. The molecule has 0 radical (unpaired) electrons. The molecular formula is C6H10OS. The van der Waals surface area contributed by atoms with Crippen molar-refractivity contribution in [3.63, 3.8) is 0 Å². The SMILES string of the molecule is CCCC(C)=C=S=O. The van der Waals surface area contributed by atoms with Gasteiger partial charge < -0.3 is 0 Å². The highest BCUT2D eigenvalue weighted by Crippen LogP contribution is 1.96. The molecule has 8 heavy (non-hydrogen) atoms. The van der Waals surface area contributed by atoms with Crippen molar-refractivity contribution in [3.05, 3.63) is 5.57 Å². The molecule has 0 bridgehead atoms. The lowest BCUT2D eigenvalue weighted by Crippen LogP contribution is -1.73. The van der Waals surface area contributed by atoms with Crippen LogP contribution in [0.2, 0.25) is 0 Å². The number of allylic oxidation sites excluding steroid dienone is 1. The molecule has 0 amide bonds. The zero-order valence-electron chi connectivity index (χ0n) is 5.23. The van der Waals surface area contributed by atoms with E-state index in [0.29, 0.717) is 11.3 Å². The zero-order valence-corrected chi connectivity index (χ0v) is 6.05. The van der Waals surface area contributed by atoms with Crippen LogP contribution in [-0.2, 0) is 11.3 Å². The Kier molecular flexibility index (Phi) is 4.62. The van der Waals surface area contributed by atoms with Crippen LogP contribution in [0.1, 0.15) is 26.7 Å². The van der Waals surface area contributed by atoms with Crippen LogP contribution in [0.25, 0.3) is 0 Å². The molecule has 0 aromatic rings. The first kappa shape index (κ1) is 7.67. The monoisotopic (exact) mass is 130 g/mol. The minimum Gasteiger partial charge on any atom is -0.203 e. The van der Waals surface area contributed by atoms with Gasteiger partial charge in [-0.15, -0.1) is 0 Å². The highest BCUT2D eigenvalue weighted by molar-refractivity contribution is 7.64. The molecule has 0 rings (SSSR count). The fourth-order valence-corrected chi connectivity index (χ4v) is 0.741. The molecule has 0 aliphatic heterocycles. The lowest BCUT2D eigenvalue weighted by Gasteiger charge is -1.86. The van der Waals surface area contributed by atoms with Gasteiger partial charge in [0.15, 0.2) is 0 Å². The Morgan fingerprint density at radius 3 is 2.75 bits per heavy atom. The minimum absolute atomic E-state index is 0.413. The topological polar surface area (TPSA) is 17.1 Å². The highest BCUT2D eigenvalue weighted by atomic mass is 32.1. The molecule has 0 N–H and O–H groups in total. The van der Waals surface area contributed by atoms with E-state index in [-0.39, 0.29) is 0 Å². The smallest absolute Gasteiger partial charge is 0.142 e. The van der Waals surface area contributed by atoms with Gasteiger partial charge in [0.1, 0.15) is 11.3 Å². The number of rotatable bonds is 2. The summed E-state index contributed by atoms with van der Waals surface area (Å²) in [6.07, 6.45) is 2.09.